The van der Waals surface area contributed by atoms with Crippen LogP contribution in [-0.4, -0.2) is 34.9 Å². The number of hydrogen-bond donors (Lipinski definition) is 4. The third-order valence-electron chi connectivity index (χ3n) is 5.63. The molecule has 2 atom stereocenters. The van der Waals surface area contributed by atoms with Gasteiger partial charge in [0.1, 0.15) is 0 Å². The molecule has 2 nitrogen and oxygen atoms in total. The molecular formula is C22H46O2S2. The minimum absolute atomic E-state index is 0.290. The highest BCUT2D eigenvalue weighted by Gasteiger charge is 2.20. The van der Waals surface area contributed by atoms with E-state index in [0.717, 1.165) is 24.3 Å². The Balaban J connectivity index is 4.00. The lowest BCUT2D eigenvalue weighted by Gasteiger charge is -2.26. The molecule has 158 valence electrons. The molecule has 2 N–H and O–H groups in total. The maximum absolute atomic E-state index is 9.47. The SMILES string of the molecule is OCCC(CCCCCCCCS)C(CCO)CCCCCCCCS. The van der Waals surface area contributed by atoms with Gasteiger partial charge in [-0.3, -0.25) is 0 Å². The van der Waals surface area contributed by atoms with Gasteiger partial charge in [-0.05, 0) is 49.0 Å². The van der Waals surface area contributed by atoms with Crippen molar-refractivity contribution in [1.29, 1.82) is 0 Å². The summed E-state index contributed by atoms with van der Waals surface area (Å²) in [6.07, 6.45) is 19.9. The van der Waals surface area contributed by atoms with Crippen LogP contribution < -0.4 is 0 Å². The van der Waals surface area contributed by atoms with Gasteiger partial charge in [0.15, 0.2) is 0 Å². The second-order valence-corrected chi connectivity index (χ2v) is 8.71. The zero-order chi connectivity index (χ0) is 19.3. The van der Waals surface area contributed by atoms with Gasteiger partial charge in [0.2, 0.25) is 0 Å². The van der Waals surface area contributed by atoms with E-state index >= 15 is 0 Å². The molecule has 0 aromatic rings. The summed E-state index contributed by atoms with van der Waals surface area (Å²) in [6, 6.07) is 0. The van der Waals surface area contributed by atoms with Crippen molar-refractivity contribution >= 4 is 25.3 Å². The molecule has 0 aliphatic carbocycles. The van der Waals surface area contributed by atoms with Gasteiger partial charge in [0, 0.05) is 13.2 Å². The third kappa shape index (κ3) is 16.8. The Morgan fingerprint density at radius 3 is 1.04 bits per heavy atom. The fourth-order valence-electron chi connectivity index (χ4n) is 4.01. The molecule has 0 spiro atoms. The van der Waals surface area contributed by atoms with Crippen molar-refractivity contribution in [2.75, 3.05) is 24.7 Å². The highest BCUT2D eigenvalue weighted by molar-refractivity contribution is 7.80. The number of rotatable bonds is 21. The lowest BCUT2D eigenvalue weighted by atomic mass is 9.80. The molecule has 0 rings (SSSR count). The molecule has 0 heterocycles. The third-order valence-corrected chi connectivity index (χ3v) is 6.26. The molecule has 0 aliphatic rings. The van der Waals surface area contributed by atoms with E-state index in [2.05, 4.69) is 25.3 Å². The monoisotopic (exact) mass is 406 g/mol. The van der Waals surface area contributed by atoms with Crippen molar-refractivity contribution in [2.24, 2.45) is 11.8 Å². The number of aliphatic hydroxyl groups excluding tert-OH is 2. The average Bonchev–Trinajstić information content (AvgIpc) is 2.65. The molecule has 2 unspecified atom stereocenters. The van der Waals surface area contributed by atoms with Gasteiger partial charge in [0.25, 0.3) is 0 Å². The molecule has 0 saturated carbocycles. The molecule has 0 aromatic carbocycles. The topological polar surface area (TPSA) is 40.5 Å². The maximum atomic E-state index is 9.47. The Hall–Kier alpha value is 0.620. The first-order valence-electron chi connectivity index (χ1n) is 11.2. The summed E-state index contributed by atoms with van der Waals surface area (Å²) in [5.74, 6) is 3.20. The Labute approximate surface area is 174 Å². The molecule has 0 aliphatic heterocycles. The van der Waals surface area contributed by atoms with Crippen molar-refractivity contribution in [3.8, 4) is 0 Å². The summed E-state index contributed by atoms with van der Waals surface area (Å²) < 4.78 is 0. The Morgan fingerprint density at radius 1 is 0.423 bits per heavy atom. The fraction of sp³-hybridized carbons (Fsp3) is 1.00. The van der Waals surface area contributed by atoms with Crippen LogP contribution >= 0.6 is 25.3 Å². The van der Waals surface area contributed by atoms with Gasteiger partial charge in [-0.2, -0.15) is 25.3 Å². The van der Waals surface area contributed by atoms with E-state index in [4.69, 9.17) is 0 Å². The van der Waals surface area contributed by atoms with Crippen molar-refractivity contribution in [1.82, 2.24) is 0 Å². The van der Waals surface area contributed by atoms with Crippen LogP contribution in [0.1, 0.15) is 103 Å². The normalized spacial score (nSPS) is 13.8. The van der Waals surface area contributed by atoms with E-state index in [9.17, 15) is 10.2 Å². The number of thiol groups is 2. The highest BCUT2D eigenvalue weighted by atomic mass is 32.1. The van der Waals surface area contributed by atoms with Crippen LogP contribution in [0, 0.1) is 11.8 Å². The number of hydrogen-bond acceptors (Lipinski definition) is 4. The molecule has 0 aromatic heterocycles. The maximum Gasteiger partial charge on any atom is 0.0433 e. The lowest BCUT2D eigenvalue weighted by molar-refractivity contribution is 0.164. The summed E-state index contributed by atoms with van der Waals surface area (Å²) in [7, 11) is 0. The van der Waals surface area contributed by atoms with Crippen molar-refractivity contribution < 1.29 is 10.2 Å². The second-order valence-electron chi connectivity index (χ2n) is 7.81. The van der Waals surface area contributed by atoms with E-state index in [1.54, 1.807) is 0 Å². The van der Waals surface area contributed by atoms with E-state index < -0.39 is 0 Å². The Bertz CT molecular complexity index is 239. The van der Waals surface area contributed by atoms with E-state index in [1.807, 2.05) is 0 Å². The van der Waals surface area contributed by atoms with Gasteiger partial charge < -0.3 is 10.2 Å². The minimum Gasteiger partial charge on any atom is -0.396 e. The lowest BCUT2D eigenvalue weighted by Crippen LogP contribution is -2.18. The fourth-order valence-corrected chi connectivity index (χ4v) is 4.46. The van der Waals surface area contributed by atoms with Gasteiger partial charge in [-0.1, -0.05) is 77.0 Å². The quantitative estimate of drug-likeness (QED) is 0.133. The van der Waals surface area contributed by atoms with Gasteiger partial charge in [0.05, 0.1) is 0 Å². The first kappa shape index (κ1) is 26.6. The molecule has 0 fully saturated rings. The largest absolute Gasteiger partial charge is 0.396 e. The minimum atomic E-state index is 0.290. The first-order chi connectivity index (χ1) is 12.8. The molecule has 0 bridgehead atoms. The molecule has 0 radical (unpaired) electrons. The van der Waals surface area contributed by atoms with E-state index in [-0.39, 0.29) is 13.2 Å². The molecule has 0 amide bonds. The van der Waals surface area contributed by atoms with Gasteiger partial charge in [-0.25, -0.2) is 0 Å². The van der Waals surface area contributed by atoms with Crippen molar-refractivity contribution in [3.63, 3.8) is 0 Å². The summed E-state index contributed by atoms with van der Waals surface area (Å²) in [6.45, 7) is 0.580. The molecule has 4 heteroatoms. The Kier molecular flexibility index (Phi) is 22.4. The summed E-state index contributed by atoms with van der Waals surface area (Å²) in [4.78, 5) is 0. The molecule has 0 saturated heterocycles. The van der Waals surface area contributed by atoms with Crippen LogP contribution in [0.2, 0.25) is 0 Å². The number of aliphatic hydroxyl groups is 2. The van der Waals surface area contributed by atoms with E-state index in [0.29, 0.717) is 11.8 Å². The standard InChI is InChI=1S/C22H46O2S2/c23-17-15-21(13-9-5-1-3-7-11-19-25)22(16-18-24)14-10-6-2-4-8-12-20-26/h21-26H,1-20H2. The van der Waals surface area contributed by atoms with E-state index in [1.165, 1.54) is 89.9 Å². The summed E-state index contributed by atoms with van der Waals surface area (Å²) in [5, 5.41) is 18.9. The highest BCUT2D eigenvalue weighted by Crippen LogP contribution is 2.30. The zero-order valence-electron chi connectivity index (χ0n) is 17.1. The average molecular weight is 407 g/mol. The van der Waals surface area contributed by atoms with Gasteiger partial charge >= 0.3 is 0 Å². The predicted octanol–water partition coefficient (Wildman–Crippen LogP) is 6.30. The zero-order valence-corrected chi connectivity index (χ0v) is 18.9. The summed E-state index contributed by atoms with van der Waals surface area (Å²) >= 11 is 8.53. The molecule has 26 heavy (non-hydrogen) atoms. The Morgan fingerprint density at radius 2 is 0.731 bits per heavy atom. The summed E-state index contributed by atoms with van der Waals surface area (Å²) in [5.41, 5.74) is 0. The second kappa shape index (κ2) is 21.9. The smallest absolute Gasteiger partial charge is 0.0433 e. The van der Waals surface area contributed by atoms with Crippen LogP contribution in [0.5, 0.6) is 0 Å². The van der Waals surface area contributed by atoms with Crippen LogP contribution in [-0.2, 0) is 0 Å². The van der Waals surface area contributed by atoms with Gasteiger partial charge in [-0.15, -0.1) is 0 Å². The van der Waals surface area contributed by atoms with Crippen LogP contribution in [0.15, 0.2) is 0 Å². The predicted molar refractivity (Wildman–Crippen MR) is 123 cm³/mol. The van der Waals surface area contributed by atoms with Crippen molar-refractivity contribution in [3.05, 3.63) is 0 Å². The van der Waals surface area contributed by atoms with Crippen LogP contribution in [0.3, 0.4) is 0 Å². The number of unbranched alkanes of at least 4 members (excludes halogenated alkanes) is 10. The van der Waals surface area contributed by atoms with Crippen LogP contribution in [0.4, 0.5) is 0 Å². The van der Waals surface area contributed by atoms with Crippen LogP contribution in [0.25, 0.3) is 0 Å². The molecular weight excluding hydrogens is 360 g/mol. The first-order valence-corrected chi connectivity index (χ1v) is 12.5. The van der Waals surface area contributed by atoms with Crippen molar-refractivity contribution in [2.45, 2.75) is 103 Å².